The number of halogens is 1. The fourth-order valence-corrected chi connectivity index (χ4v) is 1.88. The number of quaternary nitrogens is 1. The van der Waals surface area contributed by atoms with Crippen molar-refractivity contribution in [1.82, 2.24) is 4.90 Å². The monoisotopic (exact) mass is 350 g/mol. The zero-order chi connectivity index (χ0) is 12.0. The smallest absolute Gasteiger partial charge is 0.338 e. The van der Waals surface area contributed by atoms with Crippen LogP contribution >= 0.6 is 0 Å². The van der Waals surface area contributed by atoms with Crippen molar-refractivity contribution in [2.45, 2.75) is 39.5 Å². The Morgan fingerprint density at radius 1 is 1.35 bits per heavy atom. The van der Waals surface area contributed by atoms with Crippen molar-refractivity contribution in [3.8, 4) is 0 Å². The molecular weight excluding hydrogens is 327 g/mol. The summed E-state index contributed by atoms with van der Waals surface area (Å²) in [6.45, 7) is 6.10. The molecule has 3 N–H and O–H groups in total. The third kappa shape index (κ3) is 5.68. The van der Waals surface area contributed by atoms with Gasteiger partial charge in [0.25, 0.3) is 0 Å². The second kappa shape index (κ2) is 8.69. The Balaban J connectivity index is 0.00000256. The highest BCUT2D eigenvalue weighted by atomic mass is 127. The number of hydrogen-bond acceptors (Lipinski definition) is 2. The van der Waals surface area contributed by atoms with E-state index in [0.29, 0.717) is 0 Å². The Morgan fingerprint density at radius 3 is 2.65 bits per heavy atom. The summed E-state index contributed by atoms with van der Waals surface area (Å²) in [6, 6.07) is 0. The molecule has 3 nitrogen and oxygen atoms in total. The van der Waals surface area contributed by atoms with E-state index >= 15 is 0 Å². The van der Waals surface area contributed by atoms with Crippen molar-refractivity contribution in [2.75, 3.05) is 13.1 Å². The van der Waals surface area contributed by atoms with Crippen LogP contribution in [0.3, 0.4) is 0 Å². The highest BCUT2D eigenvalue weighted by Gasteiger charge is 2.17. The summed E-state index contributed by atoms with van der Waals surface area (Å²) in [5, 5.41) is 0. The molecule has 0 aromatic carbocycles. The van der Waals surface area contributed by atoms with Crippen molar-refractivity contribution in [1.29, 1.82) is 0 Å². The first kappa shape index (κ1) is 16.6. The van der Waals surface area contributed by atoms with Crippen molar-refractivity contribution in [3.05, 3.63) is 23.4 Å². The molecule has 0 aromatic heterocycles. The Kier molecular flexibility index (Phi) is 8.51. The molecule has 0 radical (unpaired) electrons. The van der Waals surface area contributed by atoms with Gasteiger partial charge in [-0.3, -0.25) is 5.73 Å². The normalized spacial score (nSPS) is 14.9. The summed E-state index contributed by atoms with van der Waals surface area (Å²) in [6.07, 6.45) is 8.95. The summed E-state index contributed by atoms with van der Waals surface area (Å²) in [4.78, 5) is 13.5. The minimum atomic E-state index is -0.0534. The van der Waals surface area contributed by atoms with Crippen molar-refractivity contribution in [3.63, 3.8) is 0 Å². The highest BCUT2D eigenvalue weighted by molar-refractivity contribution is 5.86. The molecule has 0 saturated heterocycles. The predicted molar refractivity (Wildman–Crippen MR) is 65.5 cm³/mol. The topological polar surface area (TPSA) is 48.0 Å². The Bertz CT molecular complexity index is 311. The number of carbonyl (C=O) groups excluding carboxylic acids is 1. The van der Waals surface area contributed by atoms with E-state index in [2.05, 4.69) is 24.5 Å². The average molecular weight is 350 g/mol. The number of allylic oxidation sites excluding steroid dienone is 3. The average Bonchev–Trinajstić information content (AvgIpc) is 2.26. The van der Waals surface area contributed by atoms with E-state index in [1.165, 1.54) is 31.4 Å². The van der Waals surface area contributed by atoms with E-state index in [9.17, 15) is 4.79 Å². The molecule has 0 aromatic rings. The van der Waals surface area contributed by atoms with E-state index in [-0.39, 0.29) is 29.9 Å². The second-order valence-corrected chi connectivity index (χ2v) is 4.41. The summed E-state index contributed by atoms with van der Waals surface area (Å²) in [7, 11) is 0. The van der Waals surface area contributed by atoms with Crippen LogP contribution in [-0.4, -0.2) is 23.9 Å². The van der Waals surface area contributed by atoms with Gasteiger partial charge in [-0.05, 0) is 25.5 Å². The Labute approximate surface area is 121 Å². The van der Waals surface area contributed by atoms with Crippen LogP contribution in [0.1, 0.15) is 39.5 Å². The number of rotatable bonds is 6. The van der Waals surface area contributed by atoms with E-state index < -0.39 is 0 Å². The van der Waals surface area contributed by atoms with Gasteiger partial charge >= 0.3 is 5.91 Å². The lowest BCUT2D eigenvalue weighted by atomic mass is 10.1. The van der Waals surface area contributed by atoms with E-state index in [4.69, 9.17) is 0 Å². The van der Waals surface area contributed by atoms with Gasteiger partial charge in [0.1, 0.15) is 0 Å². The molecule has 1 aliphatic heterocycles. The van der Waals surface area contributed by atoms with Gasteiger partial charge in [0, 0.05) is 12.2 Å². The van der Waals surface area contributed by atoms with E-state index in [1.54, 1.807) is 0 Å². The first-order valence-corrected chi connectivity index (χ1v) is 6.14. The van der Waals surface area contributed by atoms with Gasteiger partial charge < -0.3 is 28.9 Å². The summed E-state index contributed by atoms with van der Waals surface area (Å²) in [5.41, 5.74) is 5.54. The summed E-state index contributed by atoms with van der Waals surface area (Å²) < 4.78 is 0. The highest BCUT2D eigenvalue weighted by Crippen LogP contribution is 2.15. The fraction of sp³-hybridized carbons (Fsp3) is 0.615. The van der Waals surface area contributed by atoms with Gasteiger partial charge in [-0.15, -0.1) is 0 Å². The lowest BCUT2D eigenvalue weighted by Gasteiger charge is -2.27. The molecule has 0 bridgehead atoms. The molecule has 0 aliphatic carbocycles. The molecule has 17 heavy (non-hydrogen) atoms. The quantitative estimate of drug-likeness (QED) is 0.468. The first-order valence-electron chi connectivity index (χ1n) is 6.14. The third-order valence-electron chi connectivity index (χ3n) is 3.03. The van der Waals surface area contributed by atoms with Crippen LogP contribution in [-0.2, 0) is 4.79 Å². The van der Waals surface area contributed by atoms with Gasteiger partial charge in [0.2, 0.25) is 0 Å². The lowest BCUT2D eigenvalue weighted by Crippen LogP contribution is -3.00. The number of carbonyl (C=O) groups is 1. The molecule has 0 spiro atoms. The van der Waals surface area contributed by atoms with Gasteiger partial charge in [-0.1, -0.05) is 26.2 Å². The van der Waals surface area contributed by atoms with Gasteiger partial charge in [-0.25, -0.2) is 4.79 Å². The zero-order valence-corrected chi connectivity index (χ0v) is 13.0. The largest absolute Gasteiger partial charge is 1.00 e. The third-order valence-corrected chi connectivity index (χ3v) is 3.03. The minimum Gasteiger partial charge on any atom is -1.00 e. The maximum absolute atomic E-state index is 11.2. The van der Waals surface area contributed by atoms with Gasteiger partial charge in [0.15, 0.2) is 0 Å². The molecule has 0 saturated carbocycles. The van der Waals surface area contributed by atoms with Crippen LogP contribution in [0.25, 0.3) is 0 Å². The molecule has 1 heterocycles. The van der Waals surface area contributed by atoms with Crippen LogP contribution in [0.4, 0.5) is 0 Å². The van der Waals surface area contributed by atoms with Crippen LogP contribution in [0, 0.1) is 0 Å². The van der Waals surface area contributed by atoms with Gasteiger partial charge in [-0.2, -0.15) is 0 Å². The fourth-order valence-electron chi connectivity index (χ4n) is 1.88. The van der Waals surface area contributed by atoms with Crippen LogP contribution in [0.2, 0.25) is 0 Å². The van der Waals surface area contributed by atoms with Crippen LogP contribution in [0.15, 0.2) is 23.4 Å². The Morgan fingerprint density at radius 2 is 2.06 bits per heavy atom. The van der Waals surface area contributed by atoms with Crippen LogP contribution < -0.4 is 29.7 Å². The van der Waals surface area contributed by atoms with E-state index in [1.807, 2.05) is 12.2 Å². The second-order valence-electron chi connectivity index (χ2n) is 4.41. The zero-order valence-electron chi connectivity index (χ0n) is 10.8. The molecule has 1 aliphatic rings. The molecule has 0 atom stereocenters. The lowest BCUT2D eigenvalue weighted by molar-refractivity contribution is -0.299. The number of nitrogens with zero attached hydrogens (tertiary/aromatic N) is 1. The molecule has 1 rings (SSSR count). The molecule has 1 amide bonds. The SMILES string of the molecule is CCCCCCN1CC(C([NH3+])=O)=CC=C1C.[I-]. The molecule has 98 valence electrons. The maximum Gasteiger partial charge on any atom is 0.338 e. The maximum atomic E-state index is 11.2. The predicted octanol–water partition coefficient (Wildman–Crippen LogP) is -1.51. The molecule has 4 heteroatoms. The summed E-state index contributed by atoms with van der Waals surface area (Å²) >= 11 is 0. The van der Waals surface area contributed by atoms with Crippen molar-refractivity contribution in [2.24, 2.45) is 0 Å². The summed E-state index contributed by atoms with van der Waals surface area (Å²) in [5.74, 6) is -0.0534. The standard InChI is InChI=1S/C13H22N2O.HI/c1-3-4-5-6-9-15-10-12(13(14)16)8-7-11(15)2;/h7-8H,3-6,9-10H2,1-2H3,(H2,14,16);1H. The first-order chi connectivity index (χ1) is 7.65. The van der Waals surface area contributed by atoms with Crippen molar-refractivity contribution < 1.29 is 34.5 Å². The minimum absolute atomic E-state index is 0. The van der Waals surface area contributed by atoms with Crippen molar-refractivity contribution >= 4 is 5.91 Å². The molecule has 0 fully saturated rings. The number of amides is 1. The Hall–Kier alpha value is -0.360. The molecular formula is C13H23IN2O. The van der Waals surface area contributed by atoms with Crippen LogP contribution in [0.5, 0.6) is 0 Å². The van der Waals surface area contributed by atoms with E-state index in [0.717, 1.165) is 18.7 Å². The number of hydrogen-bond donors (Lipinski definition) is 1. The molecule has 0 unspecified atom stereocenters. The number of unbranched alkanes of at least 4 members (excludes halogenated alkanes) is 3. The van der Waals surface area contributed by atoms with Gasteiger partial charge in [0.05, 0.1) is 12.1 Å².